The summed E-state index contributed by atoms with van der Waals surface area (Å²) in [6, 6.07) is 2.82. The molecule has 0 amide bonds. The maximum Gasteiger partial charge on any atom is 0.271 e. The van der Waals surface area contributed by atoms with Gasteiger partial charge >= 0.3 is 0 Å². The van der Waals surface area contributed by atoms with Gasteiger partial charge < -0.3 is 0 Å². The first kappa shape index (κ1) is 12.9. The molecule has 4 N–H and O–H groups in total. The number of hydrogen-bond acceptors (Lipinski definition) is 2. The van der Waals surface area contributed by atoms with E-state index >= 15 is 0 Å². The first-order valence-electron chi connectivity index (χ1n) is 3.12. The molecule has 0 saturated heterocycles. The molecule has 1 rings (SSSR count). The van der Waals surface area contributed by atoms with E-state index in [1.807, 2.05) is 0 Å². The van der Waals surface area contributed by atoms with Gasteiger partial charge in [-0.1, -0.05) is 6.07 Å². The third-order valence-electron chi connectivity index (χ3n) is 0.904. The lowest BCUT2D eigenvalue weighted by Crippen LogP contribution is -2.21. The Bertz CT molecular complexity index is 379. The van der Waals surface area contributed by atoms with Crippen LogP contribution in [0.5, 0.6) is 0 Å². The standard InChI is InChI=1S/C6H3F3.H4N2O2S/c7-4-2-1-3-5(8)6(4)9;1-5(2,3)4/h1-3H;(H4,1,2,3,4). The molecule has 0 fully saturated rings. The van der Waals surface area contributed by atoms with Gasteiger partial charge in [-0.3, -0.25) is 0 Å². The summed E-state index contributed by atoms with van der Waals surface area (Å²) >= 11 is 0. The Morgan fingerprint density at radius 1 is 1.00 bits per heavy atom. The van der Waals surface area contributed by atoms with Crippen LogP contribution in [-0.2, 0) is 10.2 Å². The second-order valence-electron chi connectivity index (χ2n) is 2.12. The maximum absolute atomic E-state index is 12.0. The molecule has 1 aromatic carbocycles. The van der Waals surface area contributed by atoms with E-state index in [2.05, 4.69) is 10.3 Å². The van der Waals surface area contributed by atoms with Crippen LogP contribution in [0.4, 0.5) is 13.2 Å². The van der Waals surface area contributed by atoms with E-state index in [0.29, 0.717) is 0 Å². The fourth-order valence-electron chi connectivity index (χ4n) is 0.477. The molecule has 0 aliphatic heterocycles. The van der Waals surface area contributed by atoms with Gasteiger partial charge in [0.2, 0.25) is 0 Å². The van der Waals surface area contributed by atoms with Crippen LogP contribution in [0.3, 0.4) is 0 Å². The van der Waals surface area contributed by atoms with Crippen LogP contribution in [0.1, 0.15) is 0 Å². The second kappa shape index (κ2) is 4.94. The van der Waals surface area contributed by atoms with E-state index in [4.69, 9.17) is 0 Å². The summed E-state index contributed by atoms with van der Waals surface area (Å²) < 4.78 is 54.3. The zero-order valence-electron chi connectivity index (χ0n) is 6.75. The average Bonchev–Trinajstić information content (AvgIpc) is 1.97. The minimum Gasteiger partial charge on any atom is -0.216 e. The summed E-state index contributed by atoms with van der Waals surface area (Å²) in [5.74, 6) is -3.73. The summed E-state index contributed by atoms with van der Waals surface area (Å²) in [6.45, 7) is 0. The van der Waals surface area contributed by atoms with Gasteiger partial charge in [0.15, 0.2) is 17.5 Å². The topological polar surface area (TPSA) is 86.2 Å². The van der Waals surface area contributed by atoms with Crippen molar-refractivity contribution in [2.24, 2.45) is 10.3 Å². The van der Waals surface area contributed by atoms with Crippen molar-refractivity contribution in [1.29, 1.82) is 0 Å². The lowest BCUT2D eigenvalue weighted by Gasteiger charge is -1.90. The molecule has 0 aliphatic rings. The summed E-state index contributed by atoms with van der Waals surface area (Å²) in [6.07, 6.45) is 0. The van der Waals surface area contributed by atoms with Crippen molar-refractivity contribution in [2.45, 2.75) is 0 Å². The highest BCUT2D eigenvalue weighted by Gasteiger charge is 2.04. The van der Waals surface area contributed by atoms with E-state index in [1.54, 1.807) is 0 Å². The third-order valence-corrected chi connectivity index (χ3v) is 0.904. The summed E-state index contributed by atoms with van der Waals surface area (Å²) in [7, 11) is -3.67. The Labute approximate surface area is 78.5 Å². The Balaban J connectivity index is 0.000000292. The largest absolute Gasteiger partial charge is 0.271 e. The van der Waals surface area contributed by atoms with Crippen molar-refractivity contribution >= 4 is 10.2 Å². The van der Waals surface area contributed by atoms with Crippen LogP contribution >= 0.6 is 0 Å². The van der Waals surface area contributed by atoms with Gasteiger partial charge in [0.1, 0.15) is 0 Å². The quantitative estimate of drug-likeness (QED) is 0.624. The average molecular weight is 228 g/mol. The SMILES string of the molecule is Fc1cccc(F)c1F.NS(N)(=O)=O. The highest BCUT2D eigenvalue weighted by atomic mass is 32.2. The van der Waals surface area contributed by atoms with E-state index in [1.165, 1.54) is 0 Å². The van der Waals surface area contributed by atoms with Crippen LogP contribution < -0.4 is 10.3 Å². The fourth-order valence-corrected chi connectivity index (χ4v) is 0.477. The molecule has 80 valence electrons. The van der Waals surface area contributed by atoms with Gasteiger partial charge in [-0.05, 0) is 12.1 Å². The van der Waals surface area contributed by atoms with E-state index < -0.39 is 27.7 Å². The van der Waals surface area contributed by atoms with Crippen LogP contribution in [-0.4, -0.2) is 8.42 Å². The molecule has 0 aromatic heterocycles. The molecule has 0 heterocycles. The van der Waals surface area contributed by atoms with Gasteiger partial charge in [-0.15, -0.1) is 0 Å². The Kier molecular flexibility index (Phi) is 4.54. The molecule has 8 heteroatoms. The number of benzene rings is 1. The predicted molar refractivity (Wildman–Crippen MR) is 43.6 cm³/mol. The molecule has 0 atom stereocenters. The van der Waals surface area contributed by atoms with E-state index in [0.717, 1.165) is 18.2 Å². The molecular weight excluding hydrogens is 221 g/mol. The molecule has 0 aliphatic carbocycles. The first-order chi connectivity index (χ1) is 6.22. The Morgan fingerprint density at radius 2 is 1.29 bits per heavy atom. The first-order valence-corrected chi connectivity index (χ1v) is 4.73. The van der Waals surface area contributed by atoms with Crippen LogP contribution in [0, 0.1) is 17.5 Å². The molecule has 14 heavy (non-hydrogen) atoms. The van der Waals surface area contributed by atoms with Crippen LogP contribution in [0.2, 0.25) is 0 Å². The summed E-state index contributed by atoms with van der Waals surface area (Å²) in [4.78, 5) is 0. The number of rotatable bonds is 0. The van der Waals surface area contributed by atoms with Crippen molar-refractivity contribution < 1.29 is 21.6 Å². The summed E-state index contributed by atoms with van der Waals surface area (Å²) in [5, 5.41) is 8.21. The number of nitrogens with two attached hydrogens (primary N) is 2. The van der Waals surface area contributed by atoms with E-state index in [-0.39, 0.29) is 0 Å². The minimum atomic E-state index is -3.67. The summed E-state index contributed by atoms with van der Waals surface area (Å²) in [5.41, 5.74) is 0. The van der Waals surface area contributed by atoms with Crippen molar-refractivity contribution in [3.05, 3.63) is 35.7 Å². The smallest absolute Gasteiger partial charge is 0.216 e. The van der Waals surface area contributed by atoms with Gasteiger partial charge in [-0.2, -0.15) is 8.42 Å². The second-order valence-corrected chi connectivity index (χ2v) is 3.30. The number of halogens is 3. The monoisotopic (exact) mass is 228 g/mol. The molecule has 0 radical (unpaired) electrons. The zero-order valence-corrected chi connectivity index (χ0v) is 7.56. The molecule has 0 spiro atoms. The van der Waals surface area contributed by atoms with E-state index in [9.17, 15) is 21.6 Å². The molecular formula is C6H7F3N2O2S. The Hall–Kier alpha value is -1.12. The molecule has 4 nitrogen and oxygen atoms in total. The normalized spacial score (nSPS) is 10.4. The van der Waals surface area contributed by atoms with Gasteiger partial charge in [0, 0.05) is 0 Å². The Morgan fingerprint density at radius 3 is 1.50 bits per heavy atom. The van der Waals surface area contributed by atoms with Crippen molar-refractivity contribution in [2.75, 3.05) is 0 Å². The number of hydrogen-bond donors (Lipinski definition) is 2. The van der Waals surface area contributed by atoms with Gasteiger partial charge in [-0.25, -0.2) is 23.4 Å². The predicted octanol–water partition coefficient (Wildman–Crippen LogP) is 0.253. The zero-order chi connectivity index (χ0) is 11.4. The lowest BCUT2D eigenvalue weighted by molar-refractivity contribution is 0.447. The van der Waals surface area contributed by atoms with Crippen molar-refractivity contribution in [3.8, 4) is 0 Å². The molecule has 0 bridgehead atoms. The van der Waals surface area contributed by atoms with Crippen molar-refractivity contribution in [1.82, 2.24) is 0 Å². The lowest BCUT2D eigenvalue weighted by atomic mass is 10.3. The molecule has 1 aromatic rings. The maximum atomic E-state index is 12.0. The highest BCUT2D eigenvalue weighted by Crippen LogP contribution is 2.07. The van der Waals surface area contributed by atoms with Crippen molar-refractivity contribution in [3.63, 3.8) is 0 Å². The molecule has 0 saturated carbocycles. The van der Waals surface area contributed by atoms with Crippen LogP contribution in [0.25, 0.3) is 0 Å². The minimum absolute atomic E-state index is 0.860. The third kappa shape index (κ3) is 6.40. The van der Waals surface area contributed by atoms with Crippen LogP contribution in [0.15, 0.2) is 18.2 Å². The molecule has 0 unspecified atom stereocenters. The highest BCUT2D eigenvalue weighted by molar-refractivity contribution is 7.86. The fraction of sp³-hybridized carbons (Fsp3) is 0. The van der Waals surface area contributed by atoms with Gasteiger partial charge in [0.05, 0.1) is 0 Å². The van der Waals surface area contributed by atoms with Gasteiger partial charge in [0.25, 0.3) is 10.2 Å².